The molecule has 1 aromatic rings. The smallest absolute Gasteiger partial charge is 0.228 e. The highest BCUT2D eigenvalue weighted by molar-refractivity contribution is 9.10. The third-order valence-corrected chi connectivity index (χ3v) is 3.65. The first-order valence-electron chi connectivity index (χ1n) is 5.90. The number of methoxy groups -OCH3 is 1. The van der Waals surface area contributed by atoms with Gasteiger partial charge in [0.25, 0.3) is 0 Å². The van der Waals surface area contributed by atoms with Crippen molar-refractivity contribution in [3.8, 4) is 5.75 Å². The van der Waals surface area contributed by atoms with Crippen LogP contribution in [0, 0.1) is 5.92 Å². The van der Waals surface area contributed by atoms with E-state index in [9.17, 15) is 4.79 Å². The Morgan fingerprint density at radius 2 is 2.21 bits per heavy atom. The third-order valence-electron chi connectivity index (χ3n) is 3.16. The number of hydrogen-bond acceptors (Lipinski definition) is 3. The van der Waals surface area contributed by atoms with Crippen molar-refractivity contribution in [2.24, 2.45) is 5.92 Å². The first kappa shape index (κ1) is 16.3. The Labute approximate surface area is 128 Å². The van der Waals surface area contributed by atoms with Gasteiger partial charge < -0.3 is 15.0 Å². The van der Waals surface area contributed by atoms with Crippen molar-refractivity contribution in [1.29, 1.82) is 0 Å². The molecule has 1 amide bonds. The maximum absolute atomic E-state index is 12.0. The number of hydrogen-bond donors (Lipinski definition) is 1. The number of carbonyl (C=O) groups excluding carboxylic acids is 1. The van der Waals surface area contributed by atoms with E-state index in [0.29, 0.717) is 6.54 Å². The van der Waals surface area contributed by atoms with Crippen molar-refractivity contribution in [1.82, 2.24) is 10.2 Å². The zero-order valence-corrected chi connectivity index (χ0v) is 13.4. The molecular formula is C13H18BrClN2O2. The van der Waals surface area contributed by atoms with Gasteiger partial charge in [-0.25, -0.2) is 0 Å². The molecule has 0 aliphatic carbocycles. The van der Waals surface area contributed by atoms with Crippen LogP contribution in [0.25, 0.3) is 0 Å². The van der Waals surface area contributed by atoms with E-state index >= 15 is 0 Å². The van der Waals surface area contributed by atoms with E-state index in [1.165, 1.54) is 0 Å². The lowest BCUT2D eigenvalue weighted by molar-refractivity contribution is -0.136. The number of nitrogens with zero attached hydrogens (tertiary/aromatic N) is 1. The highest BCUT2D eigenvalue weighted by Crippen LogP contribution is 2.24. The zero-order chi connectivity index (χ0) is 13.1. The standard InChI is InChI=1S/C13H17BrN2O2.ClH/c1-16(13(17)10-6-15-7-10)8-9-5-11(14)3-4-12(9)18-2;/h3-5,10,15H,6-8H2,1-2H3;1H. The van der Waals surface area contributed by atoms with E-state index in [-0.39, 0.29) is 24.2 Å². The number of benzene rings is 1. The Kier molecular flexibility index (Phi) is 6.10. The molecular weight excluding hydrogens is 332 g/mol. The van der Waals surface area contributed by atoms with Crippen molar-refractivity contribution in [2.45, 2.75) is 6.54 Å². The van der Waals surface area contributed by atoms with Crippen LogP contribution in [0.2, 0.25) is 0 Å². The first-order chi connectivity index (χ1) is 8.61. The van der Waals surface area contributed by atoms with Crippen LogP contribution in [0.5, 0.6) is 5.75 Å². The fourth-order valence-electron chi connectivity index (χ4n) is 1.98. The van der Waals surface area contributed by atoms with Gasteiger partial charge in [0.1, 0.15) is 5.75 Å². The number of carbonyl (C=O) groups is 1. The fraction of sp³-hybridized carbons (Fsp3) is 0.462. The minimum atomic E-state index is 0. The molecule has 1 fully saturated rings. The number of rotatable bonds is 4. The second-order valence-electron chi connectivity index (χ2n) is 4.51. The second kappa shape index (κ2) is 7.12. The fourth-order valence-corrected chi connectivity index (χ4v) is 2.39. The Bertz CT molecular complexity index is 452. The highest BCUT2D eigenvalue weighted by Gasteiger charge is 2.27. The topological polar surface area (TPSA) is 41.6 Å². The molecule has 2 rings (SSSR count). The molecule has 0 unspecified atom stereocenters. The van der Waals surface area contributed by atoms with Gasteiger partial charge in [-0.3, -0.25) is 4.79 Å². The van der Waals surface area contributed by atoms with Gasteiger partial charge >= 0.3 is 0 Å². The molecule has 0 aromatic heterocycles. The van der Waals surface area contributed by atoms with Crippen molar-refractivity contribution in [3.05, 3.63) is 28.2 Å². The van der Waals surface area contributed by atoms with Crippen LogP contribution >= 0.6 is 28.3 Å². The van der Waals surface area contributed by atoms with E-state index < -0.39 is 0 Å². The third kappa shape index (κ3) is 3.84. The Hall–Kier alpha value is -0.780. The summed E-state index contributed by atoms with van der Waals surface area (Å²) in [5.41, 5.74) is 1.01. The number of amides is 1. The summed E-state index contributed by atoms with van der Waals surface area (Å²) >= 11 is 3.44. The van der Waals surface area contributed by atoms with Gasteiger partial charge in [-0.2, -0.15) is 0 Å². The predicted octanol–water partition coefficient (Wildman–Crippen LogP) is 2.06. The summed E-state index contributed by atoms with van der Waals surface area (Å²) in [7, 11) is 3.48. The normalized spacial score (nSPS) is 14.3. The number of nitrogens with one attached hydrogen (secondary N) is 1. The summed E-state index contributed by atoms with van der Waals surface area (Å²) < 4.78 is 6.30. The molecule has 1 aromatic carbocycles. The van der Waals surface area contributed by atoms with Crippen LogP contribution in [0.4, 0.5) is 0 Å². The van der Waals surface area contributed by atoms with Gasteiger partial charge in [0.2, 0.25) is 5.91 Å². The minimum absolute atomic E-state index is 0. The van der Waals surface area contributed by atoms with E-state index in [0.717, 1.165) is 28.9 Å². The highest BCUT2D eigenvalue weighted by atomic mass is 79.9. The van der Waals surface area contributed by atoms with Crippen molar-refractivity contribution >= 4 is 34.2 Å². The van der Waals surface area contributed by atoms with Crippen LogP contribution in [0.1, 0.15) is 5.56 Å². The summed E-state index contributed by atoms with van der Waals surface area (Å²) in [6.07, 6.45) is 0. The molecule has 106 valence electrons. The van der Waals surface area contributed by atoms with Crippen molar-refractivity contribution in [3.63, 3.8) is 0 Å². The van der Waals surface area contributed by atoms with Crippen molar-refractivity contribution in [2.75, 3.05) is 27.2 Å². The molecule has 6 heteroatoms. The monoisotopic (exact) mass is 348 g/mol. The van der Waals surface area contributed by atoms with Crippen molar-refractivity contribution < 1.29 is 9.53 Å². The van der Waals surface area contributed by atoms with Gasteiger partial charge in [-0.15, -0.1) is 12.4 Å². The molecule has 0 spiro atoms. The van der Waals surface area contributed by atoms with Crippen LogP contribution in [0.15, 0.2) is 22.7 Å². The van der Waals surface area contributed by atoms with Crippen LogP contribution in [-0.2, 0) is 11.3 Å². The quantitative estimate of drug-likeness (QED) is 0.904. The van der Waals surface area contributed by atoms with Gasteiger partial charge in [0.05, 0.1) is 13.0 Å². The second-order valence-corrected chi connectivity index (χ2v) is 5.42. The Morgan fingerprint density at radius 3 is 2.74 bits per heavy atom. The average molecular weight is 350 g/mol. The van der Waals surface area contributed by atoms with Crippen LogP contribution in [-0.4, -0.2) is 38.1 Å². The molecule has 19 heavy (non-hydrogen) atoms. The molecule has 0 bridgehead atoms. The average Bonchev–Trinajstić information content (AvgIpc) is 2.27. The summed E-state index contributed by atoms with van der Waals surface area (Å²) in [5, 5.41) is 3.11. The van der Waals surface area contributed by atoms with E-state index in [2.05, 4.69) is 21.2 Å². The molecule has 1 saturated heterocycles. The van der Waals surface area contributed by atoms with E-state index in [4.69, 9.17) is 4.74 Å². The summed E-state index contributed by atoms with van der Waals surface area (Å²) in [4.78, 5) is 13.8. The predicted molar refractivity (Wildman–Crippen MR) is 80.8 cm³/mol. The number of ether oxygens (including phenoxy) is 1. The summed E-state index contributed by atoms with van der Waals surface area (Å²) in [6, 6.07) is 5.82. The van der Waals surface area contributed by atoms with E-state index in [1.54, 1.807) is 12.0 Å². The molecule has 4 nitrogen and oxygen atoms in total. The largest absolute Gasteiger partial charge is 0.496 e. The zero-order valence-electron chi connectivity index (χ0n) is 11.0. The molecule has 0 radical (unpaired) electrons. The molecule has 1 aliphatic heterocycles. The summed E-state index contributed by atoms with van der Waals surface area (Å²) in [5.74, 6) is 1.13. The minimum Gasteiger partial charge on any atom is -0.496 e. The van der Waals surface area contributed by atoms with Gasteiger partial charge in [-0.05, 0) is 18.2 Å². The lowest BCUT2D eigenvalue weighted by atomic mass is 10.0. The molecule has 0 saturated carbocycles. The maximum atomic E-state index is 12.0. The molecule has 1 heterocycles. The van der Waals surface area contributed by atoms with Crippen LogP contribution in [0.3, 0.4) is 0 Å². The number of halogens is 2. The Morgan fingerprint density at radius 1 is 1.53 bits per heavy atom. The molecule has 1 N–H and O–H groups in total. The molecule has 0 atom stereocenters. The first-order valence-corrected chi connectivity index (χ1v) is 6.69. The van der Waals surface area contributed by atoms with Gasteiger partial charge in [0.15, 0.2) is 0 Å². The van der Waals surface area contributed by atoms with Gasteiger partial charge in [-0.1, -0.05) is 15.9 Å². The lowest BCUT2D eigenvalue weighted by Crippen LogP contribution is -2.51. The lowest BCUT2D eigenvalue weighted by Gasteiger charge is -2.30. The maximum Gasteiger partial charge on any atom is 0.228 e. The summed E-state index contributed by atoms with van der Waals surface area (Å²) in [6.45, 7) is 2.15. The van der Waals surface area contributed by atoms with Crippen LogP contribution < -0.4 is 10.1 Å². The molecule has 1 aliphatic rings. The SMILES string of the molecule is COc1ccc(Br)cc1CN(C)C(=O)C1CNC1.Cl. The van der Waals surface area contributed by atoms with Gasteiger partial charge in [0, 0.05) is 36.7 Å². The Balaban J connectivity index is 0.00000180. The van der Waals surface area contributed by atoms with E-state index in [1.807, 2.05) is 25.2 Å².